The van der Waals surface area contributed by atoms with E-state index in [0.29, 0.717) is 36.2 Å². The van der Waals surface area contributed by atoms with Gasteiger partial charge in [0, 0.05) is 25.0 Å². The zero-order chi connectivity index (χ0) is 24.7. The van der Waals surface area contributed by atoms with Gasteiger partial charge in [0.15, 0.2) is 5.82 Å². The molecule has 1 atom stereocenters. The molecule has 0 unspecified atom stereocenters. The Kier molecular flexibility index (Phi) is 5.62. The summed E-state index contributed by atoms with van der Waals surface area (Å²) >= 11 is 0. The van der Waals surface area contributed by atoms with Crippen LogP contribution in [0.5, 0.6) is 0 Å². The van der Waals surface area contributed by atoms with E-state index in [2.05, 4.69) is 48.3 Å². The Morgan fingerprint density at radius 3 is 2.77 bits per heavy atom. The summed E-state index contributed by atoms with van der Waals surface area (Å²) in [5, 5.41) is 10.8. The highest BCUT2D eigenvalue weighted by Gasteiger charge is 2.43. The Morgan fingerprint density at radius 1 is 1.23 bits per heavy atom. The summed E-state index contributed by atoms with van der Waals surface area (Å²) in [6.45, 7) is 8.99. The lowest BCUT2D eigenvalue weighted by Gasteiger charge is -2.24. The van der Waals surface area contributed by atoms with Crippen LogP contribution in [-0.4, -0.2) is 47.6 Å². The smallest absolute Gasteiger partial charge is 0.247 e. The first-order valence-corrected chi connectivity index (χ1v) is 11.5. The third-order valence-electron chi connectivity index (χ3n) is 6.10. The van der Waals surface area contributed by atoms with Crippen LogP contribution >= 0.6 is 0 Å². The maximum absolute atomic E-state index is 13.3. The van der Waals surface area contributed by atoms with E-state index in [1.54, 1.807) is 10.8 Å². The third-order valence-corrected chi connectivity index (χ3v) is 6.10. The highest BCUT2D eigenvalue weighted by molar-refractivity contribution is 5.97. The number of imidazole rings is 1. The van der Waals surface area contributed by atoms with Crippen LogP contribution < -0.4 is 15.5 Å². The maximum Gasteiger partial charge on any atom is 0.247 e. The second-order valence-electron chi connectivity index (χ2n) is 9.89. The number of nitrogens with one attached hydrogen (secondary N) is 2. The zero-order valence-electron chi connectivity index (χ0n) is 20.1. The van der Waals surface area contributed by atoms with Gasteiger partial charge in [-0.1, -0.05) is 13.8 Å². The molecule has 10 nitrogen and oxygen atoms in total. The van der Waals surface area contributed by atoms with Crippen LogP contribution in [0.15, 0.2) is 49.2 Å². The number of hydrogen-bond donors (Lipinski definition) is 2. The van der Waals surface area contributed by atoms with Gasteiger partial charge in [-0.2, -0.15) is 9.37 Å². The molecular formula is C24H28FN9O. The van der Waals surface area contributed by atoms with E-state index >= 15 is 0 Å². The van der Waals surface area contributed by atoms with Gasteiger partial charge in [-0.25, -0.2) is 14.5 Å². The van der Waals surface area contributed by atoms with E-state index in [1.807, 2.05) is 34.0 Å². The standard InChI is InChI=1S/C24H28FN9O/c1-15(2)32-12-20(27-14-32)29-21-17-6-5-9-34(17)31-23(30-21)33-13-24(3,4)10-18(33)22(35)28-16-7-8-19(25)26-11-16/h5-9,11-12,14-15,18H,10,13H2,1-4H3,(H,28,35)(H,29,30,31)/t18-/m0/s1. The highest BCUT2D eigenvalue weighted by Crippen LogP contribution is 2.37. The highest BCUT2D eigenvalue weighted by atomic mass is 19.1. The molecule has 5 rings (SSSR count). The minimum atomic E-state index is -0.599. The summed E-state index contributed by atoms with van der Waals surface area (Å²) in [7, 11) is 0. The normalized spacial score (nSPS) is 17.3. The minimum Gasteiger partial charge on any atom is -0.333 e. The number of amides is 1. The van der Waals surface area contributed by atoms with Gasteiger partial charge in [0.1, 0.15) is 17.4 Å². The zero-order valence-corrected chi connectivity index (χ0v) is 20.1. The number of hydrogen-bond acceptors (Lipinski definition) is 7. The molecule has 4 aromatic rings. The Bertz CT molecular complexity index is 1360. The van der Waals surface area contributed by atoms with Crippen molar-refractivity contribution in [3.05, 3.63) is 55.1 Å². The quantitative estimate of drug-likeness (QED) is 0.404. The van der Waals surface area contributed by atoms with E-state index in [4.69, 9.17) is 10.1 Å². The lowest BCUT2D eigenvalue weighted by atomic mass is 9.90. The fraction of sp³-hybridized carbons (Fsp3) is 0.375. The molecular weight excluding hydrogens is 449 g/mol. The van der Waals surface area contributed by atoms with Crippen LogP contribution in [0.4, 0.5) is 27.7 Å². The van der Waals surface area contributed by atoms with Crippen molar-refractivity contribution in [1.82, 2.24) is 29.1 Å². The van der Waals surface area contributed by atoms with Crippen molar-refractivity contribution in [2.24, 2.45) is 5.41 Å². The van der Waals surface area contributed by atoms with Crippen molar-refractivity contribution in [2.45, 2.75) is 46.2 Å². The van der Waals surface area contributed by atoms with Gasteiger partial charge >= 0.3 is 0 Å². The first-order valence-electron chi connectivity index (χ1n) is 11.5. The number of pyridine rings is 1. The number of rotatable bonds is 6. The van der Waals surface area contributed by atoms with Crippen molar-refractivity contribution in [3.8, 4) is 0 Å². The van der Waals surface area contributed by atoms with Gasteiger partial charge in [-0.15, -0.1) is 5.10 Å². The van der Waals surface area contributed by atoms with Gasteiger partial charge < -0.3 is 20.1 Å². The molecule has 11 heteroatoms. The van der Waals surface area contributed by atoms with Crippen molar-refractivity contribution in [2.75, 3.05) is 22.1 Å². The first-order chi connectivity index (χ1) is 16.7. The predicted octanol–water partition coefficient (Wildman–Crippen LogP) is 4.03. The van der Waals surface area contributed by atoms with Crippen LogP contribution in [0.1, 0.15) is 40.2 Å². The average Bonchev–Trinajstić information content (AvgIpc) is 3.53. The molecule has 0 aromatic carbocycles. The van der Waals surface area contributed by atoms with Crippen molar-refractivity contribution < 1.29 is 9.18 Å². The Morgan fingerprint density at radius 2 is 2.06 bits per heavy atom. The molecule has 0 bridgehead atoms. The fourth-order valence-corrected chi connectivity index (χ4v) is 4.33. The number of aromatic nitrogens is 6. The van der Waals surface area contributed by atoms with E-state index in [-0.39, 0.29) is 17.4 Å². The first kappa shape index (κ1) is 22.8. The molecule has 4 aromatic heterocycles. The van der Waals surface area contributed by atoms with Gasteiger partial charge in [0.05, 0.1) is 18.2 Å². The molecule has 35 heavy (non-hydrogen) atoms. The van der Waals surface area contributed by atoms with Gasteiger partial charge in [0.25, 0.3) is 0 Å². The molecule has 1 aliphatic rings. The summed E-state index contributed by atoms with van der Waals surface area (Å²) < 4.78 is 16.9. The number of halogens is 1. The van der Waals surface area contributed by atoms with Crippen LogP contribution in [0.2, 0.25) is 0 Å². The summed E-state index contributed by atoms with van der Waals surface area (Å²) in [5.41, 5.74) is 1.09. The second-order valence-corrected chi connectivity index (χ2v) is 9.89. The maximum atomic E-state index is 13.3. The predicted molar refractivity (Wildman–Crippen MR) is 131 cm³/mol. The second kappa shape index (κ2) is 8.64. The molecule has 0 spiro atoms. The van der Waals surface area contributed by atoms with E-state index in [9.17, 15) is 9.18 Å². The van der Waals surface area contributed by atoms with Crippen LogP contribution in [0.25, 0.3) is 5.52 Å². The van der Waals surface area contributed by atoms with E-state index in [0.717, 1.165) is 5.52 Å². The summed E-state index contributed by atoms with van der Waals surface area (Å²) in [5.74, 6) is 0.887. The number of carbonyl (C=O) groups is 1. The van der Waals surface area contributed by atoms with Gasteiger partial charge in [0.2, 0.25) is 17.8 Å². The summed E-state index contributed by atoms with van der Waals surface area (Å²) in [4.78, 5) is 28.1. The van der Waals surface area contributed by atoms with Gasteiger partial charge in [-0.05, 0) is 49.9 Å². The number of nitrogens with zero attached hydrogens (tertiary/aromatic N) is 7. The molecule has 0 aliphatic carbocycles. The lowest BCUT2D eigenvalue weighted by molar-refractivity contribution is -0.117. The topological polar surface area (TPSA) is 105 Å². The van der Waals surface area contributed by atoms with E-state index < -0.39 is 12.0 Å². The molecule has 182 valence electrons. The lowest BCUT2D eigenvalue weighted by Crippen LogP contribution is -2.41. The number of carbonyl (C=O) groups excluding carboxylic acids is 1. The largest absolute Gasteiger partial charge is 0.333 e. The summed E-state index contributed by atoms with van der Waals surface area (Å²) in [6, 6.07) is 6.31. The van der Waals surface area contributed by atoms with Crippen molar-refractivity contribution in [1.29, 1.82) is 0 Å². The monoisotopic (exact) mass is 477 g/mol. The molecule has 1 amide bonds. The van der Waals surface area contributed by atoms with Crippen LogP contribution in [0.3, 0.4) is 0 Å². The molecule has 0 saturated carbocycles. The Balaban J connectivity index is 1.47. The average molecular weight is 478 g/mol. The van der Waals surface area contributed by atoms with Crippen molar-refractivity contribution >= 4 is 34.7 Å². The Hall–Kier alpha value is -4.02. The molecule has 1 fully saturated rings. The minimum absolute atomic E-state index is 0.137. The van der Waals surface area contributed by atoms with E-state index in [1.165, 1.54) is 18.3 Å². The van der Waals surface area contributed by atoms with Crippen LogP contribution in [0, 0.1) is 11.4 Å². The molecule has 0 radical (unpaired) electrons. The fourth-order valence-electron chi connectivity index (χ4n) is 4.33. The number of anilines is 4. The van der Waals surface area contributed by atoms with Crippen LogP contribution in [-0.2, 0) is 4.79 Å². The van der Waals surface area contributed by atoms with Gasteiger partial charge in [-0.3, -0.25) is 4.79 Å². The SMILES string of the molecule is CC(C)n1cnc(Nc2nc(N3CC(C)(C)C[C@H]3C(=O)Nc3ccc(F)nc3)nn3cccc23)c1. The Labute approximate surface area is 202 Å². The molecule has 5 heterocycles. The number of fused-ring (bicyclic) bond motifs is 1. The molecule has 2 N–H and O–H groups in total. The van der Waals surface area contributed by atoms with Crippen molar-refractivity contribution in [3.63, 3.8) is 0 Å². The molecule has 1 saturated heterocycles. The summed E-state index contributed by atoms with van der Waals surface area (Å²) in [6.07, 6.45) is 7.47. The third kappa shape index (κ3) is 4.66. The molecule has 1 aliphatic heterocycles.